The first kappa shape index (κ1) is 32.5. The van der Waals surface area contributed by atoms with E-state index in [0.29, 0.717) is 61.1 Å². The largest absolute Gasteiger partial charge is 0.494 e. The minimum atomic E-state index is -0.838. The monoisotopic (exact) mass is 664 g/mol. The second kappa shape index (κ2) is 14.5. The van der Waals surface area contributed by atoms with Gasteiger partial charge in [-0.1, -0.05) is 84.1 Å². The maximum absolute atomic E-state index is 14.4. The van der Waals surface area contributed by atoms with E-state index in [1.807, 2.05) is 61.5 Å². The fraction of sp³-hybridized carbons (Fsp3) is 0.184. The number of hydrogen-bond donors (Lipinski definition) is 0. The number of halogens is 1. The van der Waals surface area contributed by atoms with Crippen molar-refractivity contribution in [1.29, 1.82) is 0 Å². The number of carbonyl (C=O) groups is 1. The molecule has 6 rings (SSSR count). The van der Waals surface area contributed by atoms with Crippen molar-refractivity contribution < 1.29 is 28.1 Å². The number of hydrogen-bond acceptors (Lipinski definition) is 8. The van der Waals surface area contributed by atoms with Gasteiger partial charge in [-0.25, -0.2) is 14.2 Å². The first-order valence-corrected chi connectivity index (χ1v) is 16.3. The number of fused-ring (bicyclic) bond motifs is 1. The van der Waals surface area contributed by atoms with Gasteiger partial charge >= 0.3 is 5.97 Å². The predicted octanol–water partition coefficient (Wildman–Crippen LogP) is 6.06. The molecule has 5 aromatic rings. The van der Waals surface area contributed by atoms with E-state index in [1.54, 1.807) is 49.4 Å². The number of para-hydroxylation sites is 1. The molecule has 1 aromatic heterocycles. The molecule has 10 heteroatoms. The van der Waals surface area contributed by atoms with Crippen LogP contribution in [0.4, 0.5) is 4.39 Å². The molecular weight excluding hydrogens is 631 g/mol. The minimum Gasteiger partial charge on any atom is -0.494 e. The standard InChI is InChI=1S/C38H33FN2O6S/c1-4-45-28-20-18-25(19-21-28)34-32(37(43)46-5-2)33(24-12-7-6-8-13-24)40-38-41(34)36(42)31(48-38)22-26-15-11-17-30(44-3)35(26)47-23-27-14-9-10-16-29(27)39/h6-22,34H,4-5,23H2,1-3H3/b31-22-/t34-/m0/s1. The van der Waals surface area contributed by atoms with Crippen LogP contribution in [0.25, 0.3) is 11.8 Å². The van der Waals surface area contributed by atoms with Gasteiger partial charge in [0, 0.05) is 16.7 Å². The number of nitrogens with zero attached hydrogens (tertiary/aromatic N) is 2. The number of methoxy groups -OCH3 is 1. The van der Waals surface area contributed by atoms with Crippen molar-refractivity contribution in [3.05, 3.63) is 150 Å². The van der Waals surface area contributed by atoms with Crippen LogP contribution < -0.4 is 29.1 Å². The fourth-order valence-corrected chi connectivity index (χ4v) is 6.53. The van der Waals surface area contributed by atoms with Crippen molar-refractivity contribution in [3.8, 4) is 17.2 Å². The summed E-state index contributed by atoms with van der Waals surface area (Å²) in [6.07, 6.45) is 1.70. The molecule has 48 heavy (non-hydrogen) atoms. The van der Waals surface area contributed by atoms with Crippen molar-refractivity contribution in [2.75, 3.05) is 20.3 Å². The topological polar surface area (TPSA) is 88.4 Å². The molecule has 1 atom stereocenters. The van der Waals surface area contributed by atoms with Gasteiger partial charge in [-0.15, -0.1) is 0 Å². The van der Waals surface area contributed by atoms with Gasteiger partial charge in [-0.3, -0.25) is 9.36 Å². The molecule has 0 saturated heterocycles. The van der Waals surface area contributed by atoms with Gasteiger partial charge in [0.05, 0.1) is 42.2 Å². The van der Waals surface area contributed by atoms with Gasteiger partial charge < -0.3 is 18.9 Å². The van der Waals surface area contributed by atoms with E-state index in [-0.39, 0.29) is 30.2 Å². The van der Waals surface area contributed by atoms with E-state index in [2.05, 4.69) is 0 Å². The second-order valence-corrected chi connectivity index (χ2v) is 11.7. The lowest BCUT2D eigenvalue weighted by Gasteiger charge is -2.26. The normalized spacial score (nSPS) is 14.2. The Hall–Kier alpha value is -5.48. The predicted molar refractivity (Wildman–Crippen MR) is 182 cm³/mol. The Labute approximate surface area is 280 Å². The molecule has 1 aliphatic rings. The Balaban J connectivity index is 1.55. The zero-order valence-electron chi connectivity index (χ0n) is 26.6. The summed E-state index contributed by atoms with van der Waals surface area (Å²) in [4.78, 5) is 33.4. The van der Waals surface area contributed by atoms with E-state index in [4.69, 9.17) is 23.9 Å². The summed E-state index contributed by atoms with van der Waals surface area (Å²) in [5, 5.41) is 0. The van der Waals surface area contributed by atoms with Crippen molar-refractivity contribution in [1.82, 2.24) is 4.57 Å². The molecule has 0 N–H and O–H groups in total. The van der Waals surface area contributed by atoms with Crippen molar-refractivity contribution in [3.63, 3.8) is 0 Å². The number of carbonyl (C=O) groups excluding carboxylic acids is 1. The number of ether oxygens (including phenoxy) is 4. The lowest BCUT2D eigenvalue weighted by atomic mass is 9.93. The van der Waals surface area contributed by atoms with Crippen LogP contribution in [0, 0.1) is 5.82 Å². The lowest BCUT2D eigenvalue weighted by Crippen LogP contribution is -2.40. The summed E-state index contributed by atoms with van der Waals surface area (Å²) < 4.78 is 39.2. The molecule has 1 aliphatic heterocycles. The highest BCUT2D eigenvalue weighted by Crippen LogP contribution is 2.36. The smallest absolute Gasteiger partial charge is 0.338 e. The summed E-state index contributed by atoms with van der Waals surface area (Å²) in [6, 6.07) is 27.5. The summed E-state index contributed by atoms with van der Waals surface area (Å²) >= 11 is 1.19. The van der Waals surface area contributed by atoms with Gasteiger partial charge in [0.15, 0.2) is 16.3 Å². The number of benzene rings is 4. The van der Waals surface area contributed by atoms with Gasteiger partial charge in [-0.05, 0) is 49.8 Å². The molecule has 0 unspecified atom stereocenters. The molecule has 0 saturated carbocycles. The highest BCUT2D eigenvalue weighted by Gasteiger charge is 2.35. The molecule has 0 fully saturated rings. The molecule has 2 heterocycles. The molecule has 244 valence electrons. The number of esters is 1. The molecule has 0 bridgehead atoms. The zero-order valence-corrected chi connectivity index (χ0v) is 27.5. The van der Waals surface area contributed by atoms with E-state index in [9.17, 15) is 14.0 Å². The Morgan fingerprint density at radius 1 is 0.917 bits per heavy atom. The summed E-state index contributed by atoms with van der Waals surface area (Å²) in [5.74, 6) is 0.498. The average Bonchev–Trinajstić information content (AvgIpc) is 3.42. The van der Waals surface area contributed by atoms with Crippen LogP contribution >= 0.6 is 11.3 Å². The van der Waals surface area contributed by atoms with Crippen LogP contribution in [0.5, 0.6) is 17.2 Å². The Kier molecular flexibility index (Phi) is 9.82. The third-order valence-corrected chi connectivity index (χ3v) is 8.71. The van der Waals surface area contributed by atoms with Crippen molar-refractivity contribution >= 4 is 29.1 Å². The van der Waals surface area contributed by atoms with Crippen LogP contribution in [0.1, 0.15) is 42.1 Å². The minimum absolute atomic E-state index is 0.0454. The van der Waals surface area contributed by atoms with E-state index in [1.165, 1.54) is 29.1 Å². The summed E-state index contributed by atoms with van der Waals surface area (Å²) in [7, 11) is 1.52. The molecule has 0 amide bonds. The SMILES string of the molecule is CCOC(=O)C1=C(c2ccccc2)N=c2s/c(=C\c3cccc(OC)c3OCc3ccccc3F)c(=O)n2[C@H]1c1ccc(OCC)cc1. The fourth-order valence-electron chi connectivity index (χ4n) is 5.54. The van der Waals surface area contributed by atoms with E-state index >= 15 is 0 Å². The van der Waals surface area contributed by atoms with Crippen LogP contribution in [0.2, 0.25) is 0 Å². The maximum Gasteiger partial charge on any atom is 0.338 e. The first-order chi connectivity index (χ1) is 23.4. The van der Waals surface area contributed by atoms with Crippen molar-refractivity contribution in [2.45, 2.75) is 26.5 Å². The van der Waals surface area contributed by atoms with Gasteiger partial charge in [0.2, 0.25) is 0 Å². The Bertz CT molecular complexity index is 2160. The van der Waals surface area contributed by atoms with Gasteiger partial charge in [0.1, 0.15) is 18.2 Å². The second-order valence-electron chi connectivity index (χ2n) is 10.7. The van der Waals surface area contributed by atoms with Crippen LogP contribution in [-0.2, 0) is 16.1 Å². The number of rotatable bonds is 11. The quantitative estimate of drug-likeness (QED) is 0.160. The molecule has 0 spiro atoms. The first-order valence-electron chi connectivity index (χ1n) is 15.5. The molecule has 8 nitrogen and oxygen atoms in total. The Morgan fingerprint density at radius 2 is 1.67 bits per heavy atom. The maximum atomic E-state index is 14.4. The number of aromatic nitrogens is 1. The third-order valence-electron chi connectivity index (χ3n) is 7.73. The van der Waals surface area contributed by atoms with E-state index < -0.39 is 12.0 Å². The Morgan fingerprint density at radius 3 is 2.38 bits per heavy atom. The van der Waals surface area contributed by atoms with Crippen LogP contribution in [0.15, 0.2) is 112 Å². The highest BCUT2D eigenvalue weighted by atomic mass is 32.1. The lowest BCUT2D eigenvalue weighted by molar-refractivity contribution is -0.138. The third kappa shape index (κ3) is 6.52. The molecule has 4 aromatic carbocycles. The van der Waals surface area contributed by atoms with Crippen LogP contribution in [-0.4, -0.2) is 30.9 Å². The average molecular weight is 665 g/mol. The highest BCUT2D eigenvalue weighted by molar-refractivity contribution is 7.07. The molecular formula is C38H33FN2O6S. The summed E-state index contributed by atoms with van der Waals surface area (Å²) in [5.41, 5.74) is 2.66. The van der Waals surface area contributed by atoms with Crippen molar-refractivity contribution in [2.24, 2.45) is 4.99 Å². The van der Waals surface area contributed by atoms with E-state index in [0.717, 1.165) is 0 Å². The molecule has 0 radical (unpaired) electrons. The van der Waals surface area contributed by atoms with Gasteiger partial charge in [-0.2, -0.15) is 0 Å². The van der Waals surface area contributed by atoms with Crippen LogP contribution in [0.3, 0.4) is 0 Å². The number of thiazole rings is 1. The van der Waals surface area contributed by atoms with Gasteiger partial charge in [0.25, 0.3) is 5.56 Å². The summed E-state index contributed by atoms with van der Waals surface area (Å²) in [6.45, 7) is 4.24. The molecule has 0 aliphatic carbocycles. The zero-order chi connectivity index (χ0) is 33.6.